The van der Waals surface area contributed by atoms with Crippen molar-refractivity contribution in [2.24, 2.45) is 0 Å². The lowest BCUT2D eigenvalue weighted by Crippen LogP contribution is -2.57. The Morgan fingerprint density at radius 3 is 2.61 bits per heavy atom. The highest BCUT2D eigenvalue weighted by molar-refractivity contribution is 7.89. The molecule has 8 nitrogen and oxygen atoms in total. The molecular weight excluding hydrogens is 460 g/mol. The van der Waals surface area contributed by atoms with Gasteiger partial charge in [-0.25, -0.2) is 8.42 Å². The SMILES string of the molecule is O=C(CN1C(=O)[C@@H]2CCCCN2c2ccc(S(=O)(=O)N3CCCC3)cc21)NCc1cccs1. The summed E-state index contributed by atoms with van der Waals surface area (Å²) in [4.78, 5) is 31.0. The van der Waals surface area contributed by atoms with Crippen molar-refractivity contribution in [3.8, 4) is 0 Å². The highest BCUT2D eigenvalue weighted by Crippen LogP contribution is 2.41. The van der Waals surface area contributed by atoms with Crippen molar-refractivity contribution in [1.82, 2.24) is 9.62 Å². The second kappa shape index (κ2) is 9.08. The van der Waals surface area contributed by atoms with Crippen molar-refractivity contribution in [3.05, 3.63) is 40.6 Å². The van der Waals surface area contributed by atoms with Gasteiger partial charge in [-0.2, -0.15) is 4.31 Å². The molecule has 0 unspecified atom stereocenters. The van der Waals surface area contributed by atoms with Crippen LogP contribution >= 0.6 is 11.3 Å². The van der Waals surface area contributed by atoms with Crippen LogP contribution in [0.2, 0.25) is 0 Å². The molecule has 33 heavy (non-hydrogen) atoms. The lowest BCUT2D eigenvalue weighted by Gasteiger charge is -2.45. The molecule has 0 radical (unpaired) electrons. The van der Waals surface area contributed by atoms with Gasteiger partial charge in [0.1, 0.15) is 12.6 Å². The van der Waals surface area contributed by atoms with Crippen molar-refractivity contribution in [2.75, 3.05) is 36.0 Å². The van der Waals surface area contributed by atoms with Crippen LogP contribution in [0.5, 0.6) is 0 Å². The Morgan fingerprint density at radius 2 is 1.85 bits per heavy atom. The largest absolute Gasteiger partial charge is 0.358 e. The van der Waals surface area contributed by atoms with E-state index in [9.17, 15) is 18.0 Å². The van der Waals surface area contributed by atoms with E-state index in [1.807, 2.05) is 17.5 Å². The third-order valence-electron chi connectivity index (χ3n) is 6.65. The Kier molecular flexibility index (Phi) is 6.15. The maximum Gasteiger partial charge on any atom is 0.250 e. The number of benzene rings is 1. The van der Waals surface area contributed by atoms with Crippen LogP contribution in [0, 0.1) is 0 Å². The summed E-state index contributed by atoms with van der Waals surface area (Å²) in [5, 5.41) is 4.83. The van der Waals surface area contributed by atoms with E-state index in [4.69, 9.17) is 0 Å². The topological polar surface area (TPSA) is 90.0 Å². The van der Waals surface area contributed by atoms with Gasteiger partial charge in [-0.3, -0.25) is 14.5 Å². The number of piperidine rings is 1. The summed E-state index contributed by atoms with van der Waals surface area (Å²) in [6.07, 6.45) is 4.39. The predicted octanol–water partition coefficient (Wildman–Crippen LogP) is 2.55. The lowest BCUT2D eigenvalue weighted by molar-refractivity contribution is -0.125. The summed E-state index contributed by atoms with van der Waals surface area (Å²) in [7, 11) is -3.63. The number of fused-ring (bicyclic) bond motifs is 3. The van der Waals surface area contributed by atoms with Crippen LogP contribution in [0.1, 0.15) is 37.0 Å². The molecule has 3 aliphatic heterocycles. The number of hydrogen-bond donors (Lipinski definition) is 1. The van der Waals surface area contributed by atoms with Crippen molar-refractivity contribution in [2.45, 2.75) is 49.6 Å². The molecule has 0 saturated carbocycles. The minimum absolute atomic E-state index is 0.130. The molecular formula is C23H28N4O4S2. The van der Waals surface area contributed by atoms with Gasteiger partial charge in [-0.15, -0.1) is 11.3 Å². The molecule has 1 aromatic heterocycles. The van der Waals surface area contributed by atoms with Crippen LogP contribution in [0.25, 0.3) is 0 Å². The lowest BCUT2D eigenvalue weighted by atomic mass is 9.96. The number of amides is 2. The van der Waals surface area contributed by atoms with Crippen LogP contribution in [0.3, 0.4) is 0 Å². The summed E-state index contributed by atoms with van der Waals surface area (Å²) in [5.74, 6) is -0.399. The van der Waals surface area contributed by atoms with Gasteiger partial charge in [0.05, 0.1) is 22.8 Å². The van der Waals surface area contributed by atoms with Gasteiger partial charge in [-0.05, 0) is 61.7 Å². The Balaban J connectivity index is 1.46. The van der Waals surface area contributed by atoms with Gasteiger partial charge >= 0.3 is 0 Å². The molecule has 176 valence electrons. The summed E-state index contributed by atoms with van der Waals surface area (Å²) < 4.78 is 27.9. The molecule has 4 heterocycles. The molecule has 1 N–H and O–H groups in total. The fraction of sp³-hybridized carbons (Fsp3) is 0.478. The highest BCUT2D eigenvalue weighted by atomic mass is 32.2. The van der Waals surface area contributed by atoms with Gasteiger partial charge in [0.25, 0.3) is 0 Å². The predicted molar refractivity (Wildman–Crippen MR) is 128 cm³/mol. The number of hydrogen-bond acceptors (Lipinski definition) is 6. The first-order valence-electron chi connectivity index (χ1n) is 11.5. The second-order valence-electron chi connectivity index (χ2n) is 8.75. The number of carbonyl (C=O) groups excluding carboxylic acids is 2. The molecule has 5 rings (SSSR count). The maximum atomic E-state index is 13.5. The van der Waals surface area contributed by atoms with E-state index in [1.54, 1.807) is 29.5 Å². The fourth-order valence-corrected chi connectivity index (χ4v) is 7.12. The third-order valence-corrected chi connectivity index (χ3v) is 9.42. The zero-order chi connectivity index (χ0) is 23.0. The highest BCUT2D eigenvalue weighted by Gasteiger charge is 2.41. The van der Waals surface area contributed by atoms with Crippen molar-refractivity contribution < 1.29 is 18.0 Å². The van der Waals surface area contributed by atoms with Crippen LogP contribution in [-0.2, 0) is 26.2 Å². The van der Waals surface area contributed by atoms with Crippen molar-refractivity contribution in [3.63, 3.8) is 0 Å². The minimum Gasteiger partial charge on any atom is -0.358 e. The average Bonchev–Trinajstić information content (AvgIpc) is 3.55. The standard InChI is InChI=1S/C23H28N4O4S2/c28-22(24-15-17-6-5-13-32-17)16-27-21-14-18(33(30,31)25-10-3-4-11-25)8-9-19(21)26-12-2-1-7-20(26)23(27)29/h5-6,8-9,13-14,20H,1-4,7,10-12,15-16H2,(H,24,28)/t20-/m0/s1. The molecule has 3 aliphatic rings. The van der Waals surface area contributed by atoms with E-state index >= 15 is 0 Å². The molecule has 1 aromatic carbocycles. The quantitative estimate of drug-likeness (QED) is 0.675. The number of rotatable bonds is 6. The van der Waals surface area contributed by atoms with E-state index in [0.29, 0.717) is 25.3 Å². The first-order chi connectivity index (χ1) is 15.9. The first-order valence-corrected chi connectivity index (χ1v) is 13.8. The Morgan fingerprint density at radius 1 is 1.06 bits per heavy atom. The van der Waals surface area contributed by atoms with E-state index in [-0.39, 0.29) is 29.3 Å². The minimum atomic E-state index is -3.63. The average molecular weight is 489 g/mol. The molecule has 2 aromatic rings. The Hall–Kier alpha value is -2.43. The molecule has 0 aliphatic carbocycles. The maximum absolute atomic E-state index is 13.5. The van der Waals surface area contributed by atoms with Gasteiger partial charge in [0, 0.05) is 24.5 Å². The third kappa shape index (κ3) is 4.27. The molecule has 2 saturated heterocycles. The van der Waals surface area contributed by atoms with E-state index in [2.05, 4.69) is 10.2 Å². The summed E-state index contributed by atoms with van der Waals surface area (Å²) in [6, 6.07) is 8.59. The van der Waals surface area contributed by atoms with Gasteiger partial charge in [0.15, 0.2) is 0 Å². The molecule has 0 spiro atoms. The zero-order valence-corrected chi connectivity index (χ0v) is 20.0. The Labute approximate surface area is 198 Å². The normalized spacial score (nSPS) is 21.1. The Bertz CT molecular complexity index is 1140. The molecule has 10 heteroatoms. The van der Waals surface area contributed by atoms with Crippen molar-refractivity contribution in [1.29, 1.82) is 0 Å². The smallest absolute Gasteiger partial charge is 0.250 e. The van der Waals surface area contributed by atoms with Crippen LogP contribution in [0.4, 0.5) is 11.4 Å². The number of nitrogens with zero attached hydrogens (tertiary/aromatic N) is 3. The number of carbonyl (C=O) groups is 2. The molecule has 0 bridgehead atoms. The summed E-state index contributed by atoms with van der Waals surface area (Å²) in [5.41, 5.74) is 1.33. The van der Waals surface area contributed by atoms with E-state index < -0.39 is 10.0 Å². The van der Waals surface area contributed by atoms with Gasteiger partial charge in [-0.1, -0.05) is 6.07 Å². The second-order valence-corrected chi connectivity index (χ2v) is 11.7. The molecule has 2 fully saturated rings. The fourth-order valence-electron chi connectivity index (χ4n) is 4.94. The first kappa shape index (κ1) is 22.4. The summed E-state index contributed by atoms with van der Waals surface area (Å²) in [6.45, 7) is 2.06. The van der Waals surface area contributed by atoms with Crippen molar-refractivity contribution >= 4 is 44.5 Å². The number of nitrogens with one attached hydrogen (secondary N) is 1. The van der Waals surface area contributed by atoms with Crippen LogP contribution < -0.4 is 15.1 Å². The number of anilines is 2. The number of thiophene rings is 1. The molecule has 1 atom stereocenters. The van der Waals surface area contributed by atoms with Crippen LogP contribution in [0.15, 0.2) is 40.6 Å². The van der Waals surface area contributed by atoms with E-state index in [0.717, 1.165) is 49.2 Å². The summed E-state index contributed by atoms with van der Waals surface area (Å²) >= 11 is 1.56. The van der Waals surface area contributed by atoms with E-state index in [1.165, 1.54) is 9.21 Å². The van der Waals surface area contributed by atoms with Gasteiger partial charge < -0.3 is 10.2 Å². The molecule has 2 amide bonds. The monoisotopic (exact) mass is 488 g/mol. The van der Waals surface area contributed by atoms with Gasteiger partial charge in [0.2, 0.25) is 21.8 Å². The number of sulfonamides is 1. The van der Waals surface area contributed by atoms with Crippen LogP contribution in [-0.4, -0.2) is 56.8 Å². The zero-order valence-electron chi connectivity index (χ0n) is 18.4.